The maximum atomic E-state index is 9.90. The van der Waals surface area contributed by atoms with E-state index < -0.39 is 0 Å². The molecule has 37 heavy (non-hydrogen) atoms. The molecule has 9 nitrogen and oxygen atoms in total. The van der Waals surface area contributed by atoms with Crippen LogP contribution in [0.4, 0.5) is 11.4 Å². The molecule has 0 spiro atoms. The van der Waals surface area contributed by atoms with Gasteiger partial charge in [0, 0.05) is 36.3 Å². The minimum Gasteiger partial charge on any atom is -0.396 e. The van der Waals surface area contributed by atoms with Crippen LogP contribution in [-0.4, -0.2) is 37.1 Å². The normalized spacial score (nSPS) is 12.6. The van der Waals surface area contributed by atoms with Gasteiger partial charge >= 0.3 is 0 Å². The van der Waals surface area contributed by atoms with Gasteiger partial charge < -0.3 is 15.7 Å². The molecule has 2 atom stereocenters. The van der Waals surface area contributed by atoms with Gasteiger partial charge in [-0.3, -0.25) is 9.97 Å². The van der Waals surface area contributed by atoms with Gasteiger partial charge in [-0.1, -0.05) is 48.0 Å². The van der Waals surface area contributed by atoms with E-state index >= 15 is 0 Å². The van der Waals surface area contributed by atoms with Gasteiger partial charge in [-0.15, -0.1) is 0 Å². The number of aliphatic hydroxyl groups is 1. The van der Waals surface area contributed by atoms with Crippen LogP contribution in [0.2, 0.25) is 5.02 Å². The third kappa shape index (κ3) is 5.21. The first-order valence-electron chi connectivity index (χ1n) is 11.6. The van der Waals surface area contributed by atoms with Crippen molar-refractivity contribution >= 4 is 33.9 Å². The van der Waals surface area contributed by atoms with Crippen molar-refractivity contribution in [1.82, 2.24) is 25.4 Å². The predicted molar refractivity (Wildman–Crippen MR) is 142 cm³/mol. The fourth-order valence-electron chi connectivity index (χ4n) is 4.29. The molecule has 184 valence electrons. The van der Waals surface area contributed by atoms with E-state index in [1.54, 1.807) is 24.7 Å². The van der Waals surface area contributed by atoms with Crippen LogP contribution in [0.15, 0.2) is 79.4 Å². The number of aromatic nitrogens is 5. The molecular weight excluding hydrogens is 488 g/mol. The molecule has 3 aromatic heterocycles. The summed E-state index contributed by atoms with van der Waals surface area (Å²) in [7, 11) is 0. The van der Waals surface area contributed by atoms with Crippen LogP contribution < -0.4 is 10.6 Å². The minimum absolute atomic E-state index is 0.0183. The summed E-state index contributed by atoms with van der Waals surface area (Å²) >= 11 is 6.70. The lowest BCUT2D eigenvalue weighted by Gasteiger charge is -2.23. The van der Waals surface area contributed by atoms with Crippen molar-refractivity contribution in [2.24, 2.45) is 0 Å². The van der Waals surface area contributed by atoms with Crippen LogP contribution in [-0.2, 0) is 0 Å². The number of pyridine rings is 2. The molecule has 1 unspecified atom stereocenters. The summed E-state index contributed by atoms with van der Waals surface area (Å²) in [5, 5.41) is 38.6. The van der Waals surface area contributed by atoms with Gasteiger partial charge in [0.1, 0.15) is 11.8 Å². The molecule has 5 rings (SSSR count). The average molecular weight is 511 g/mol. The highest BCUT2D eigenvalue weighted by molar-refractivity contribution is 6.35. The Hall–Kier alpha value is -4.52. The summed E-state index contributed by atoms with van der Waals surface area (Å²) in [6.07, 6.45) is 7.09. The Kier molecular flexibility index (Phi) is 7.21. The van der Waals surface area contributed by atoms with Crippen molar-refractivity contribution < 1.29 is 5.11 Å². The number of benzene rings is 2. The summed E-state index contributed by atoms with van der Waals surface area (Å²) in [6.45, 7) is -0.0183. The van der Waals surface area contributed by atoms with Gasteiger partial charge in [0.05, 0.1) is 40.1 Å². The molecule has 0 amide bonds. The highest BCUT2D eigenvalue weighted by Crippen LogP contribution is 2.37. The maximum Gasteiger partial charge on any atom is 0.109 e. The second kappa shape index (κ2) is 11.0. The molecule has 3 heterocycles. The zero-order chi connectivity index (χ0) is 25.6. The van der Waals surface area contributed by atoms with Gasteiger partial charge in [0.15, 0.2) is 0 Å². The molecule has 10 heteroatoms. The van der Waals surface area contributed by atoms with Crippen LogP contribution in [0, 0.1) is 11.3 Å². The molecule has 0 bridgehead atoms. The van der Waals surface area contributed by atoms with E-state index in [0.29, 0.717) is 45.0 Å². The van der Waals surface area contributed by atoms with Crippen molar-refractivity contribution in [3.05, 3.63) is 107 Å². The molecule has 2 aromatic carbocycles. The Balaban J connectivity index is 1.60. The second-order valence-electron chi connectivity index (χ2n) is 8.39. The van der Waals surface area contributed by atoms with Crippen molar-refractivity contribution in [3.63, 3.8) is 0 Å². The van der Waals surface area contributed by atoms with Crippen LogP contribution in [0.1, 0.15) is 40.9 Å². The summed E-state index contributed by atoms with van der Waals surface area (Å²) in [6, 6.07) is 18.9. The van der Waals surface area contributed by atoms with Gasteiger partial charge in [0.2, 0.25) is 0 Å². The SMILES string of the molecule is N#Cc1cnc2c(Cl)cc(NC(c3cccnc3)c3cn[nH]n3)cc2c1N[C@H](CCO)c1ccccc1. The van der Waals surface area contributed by atoms with Crippen molar-refractivity contribution in [3.8, 4) is 6.07 Å². The number of nitrogens with zero attached hydrogens (tertiary/aromatic N) is 5. The van der Waals surface area contributed by atoms with E-state index in [1.165, 1.54) is 6.20 Å². The van der Waals surface area contributed by atoms with Gasteiger partial charge in [-0.05, 0) is 35.7 Å². The summed E-state index contributed by atoms with van der Waals surface area (Å²) in [5.74, 6) is 0. The smallest absolute Gasteiger partial charge is 0.109 e. The first kappa shape index (κ1) is 24.2. The van der Waals surface area contributed by atoms with Gasteiger partial charge in [-0.25, -0.2) is 0 Å². The molecule has 4 N–H and O–H groups in total. The molecule has 0 radical (unpaired) electrons. The second-order valence-corrected chi connectivity index (χ2v) is 8.80. The molecule has 0 saturated heterocycles. The van der Waals surface area contributed by atoms with E-state index in [2.05, 4.69) is 42.1 Å². The number of nitrogens with one attached hydrogen (secondary N) is 3. The largest absolute Gasteiger partial charge is 0.396 e. The number of fused-ring (bicyclic) bond motifs is 1. The van der Waals surface area contributed by atoms with Gasteiger partial charge in [-0.2, -0.15) is 20.7 Å². The molecule has 0 fully saturated rings. The Morgan fingerprint density at radius 1 is 1.03 bits per heavy atom. The lowest BCUT2D eigenvalue weighted by atomic mass is 10.0. The summed E-state index contributed by atoms with van der Waals surface area (Å²) in [4.78, 5) is 8.70. The fourth-order valence-corrected chi connectivity index (χ4v) is 4.55. The first-order valence-corrected chi connectivity index (χ1v) is 12.0. The Bertz CT molecular complexity index is 1520. The van der Waals surface area contributed by atoms with Crippen LogP contribution in [0.25, 0.3) is 10.9 Å². The third-order valence-electron chi connectivity index (χ3n) is 6.04. The fraction of sp³-hybridized carbons (Fsp3) is 0.148. The van der Waals surface area contributed by atoms with Crippen LogP contribution in [0.5, 0.6) is 0 Å². The number of aromatic amines is 1. The Labute approximate surface area is 218 Å². The molecule has 0 saturated carbocycles. The molecule has 0 aliphatic heterocycles. The number of halogens is 1. The van der Waals surface area contributed by atoms with E-state index in [4.69, 9.17) is 11.6 Å². The Morgan fingerprint density at radius 2 is 1.86 bits per heavy atom. The number of hydrogen-bond donors (Lipinski definition) is 4. The highest BCUT2D eigenvalue weighted by Gasteiger charge is 2.21. The van der Waals surface area contributed by atoms with E-state index in [-0.39, 0.29) is 18.7 Å². The maximum absolute atomic E-state index is 9.90. The van der Waals surface area contributed by atoms with Crippen molar-refractivity contribution in [1.29, 1.82) is 5.26 Å². The van der Waals surface area contributed by atoms with Crippen LogP contribution in [0.3, 0.4) is 0 Å². The van der Waals surface area contributed by atoms with E-state index in [0.717, 1.165) is 11.1 Å². The predicted octanol–water partition coefficient (Wildman–Crippen LogP) is 5.01. The number of H-pyrrole nitrogens is 1. The summed E-state index contributed by atoms with van der Waals surface area (Å²) < 4.78 is 0. The van der Waals surface area contributed by atoms with Crippen molar-refractivity contribution in [2.45, 2.75) is 18.5 Å². The van der Waals surface area contributed by atoms with E-state index in [9.17, 15) is 10.4 Å². The molecule has 0 aliphatic rings. The summed E-state index contributed by atoms with van der Waals surface area (Å²) in [5.41, 5.74) is 4.80. The average Bonchev–Trinajstić information content (AvgIpc) is 3.47. The number of aliphatic hydroxyl groups excluding tert-OH is 1. The monoisotopic (exact) mass is 510 g/mol. The third-order valence-corrected chi connectivity index (χ3v) is 6.33. The number of hydrogen-bond acceptors (Lipinski definition) is 8. The number of rotatable bonds is 9. The van der Waals surface area contributed by atoms with Crippen molar-refractivity contribution in [2.75, 3.05) is 17.2 Å². The van der Waals surface area contributed by atoms with E-state index in [1.807, 2.05) is 48.5 Å². The van der Waals surface area contributed by atoms with Gasteiger partial charge in [0.25, 0.3) is 0 Å². The molecule has 0 aliphatic carbocycles. The lowest BCUT2D eigenvalue weighted by Crippen LogP contribution is -2.15. The Morgan fingerprint density at radius 3 is 2.57 bits per heavy atom. The zero-order valence-electron chi connectivity index (χ0n) is 19.6. The zero-order valence-corrected chi connectivity index (χ0v) is 20.4. The number of nitriles is 1. The highest BCUT2D eigenvalue weighted by atomic mass is 35.5. The van der Waals surface area contributed by atoms with Crippen LogP contribution >= 0.6 is 11.6 Å². The number of anilines is 2. The standard InChI is InChI=1S/C27H23ClN8O/c28-22-12-20(33-26(24-16-32-36-35-24)18-7-4-9-30-14-18)11-21-25(19(13-29)15-31-27(21)22)34-23(8-10-37)17-5-2-1-3-6-17/h1-7,9,11-12,14-16,23,26,33,37H,8,10H2,(H,31,34)(H,32,35,36)/t23-,26?/m1/s1. The minimum atomic E-state index is -0.351. The lowest BCUT2D eigenvalue weighted by molar-refractivity contribution is 0.280. The molecule has 5 aromatic rings. The first-order chi connectivity index (χ1) is 18.2. The topological polar surface area (TPSA) is 135 Å². The quantitative estimate of drug-likeness (QED) is 0.217. The molecular formula is C27H23ClN8O.